The average molecular weight is 326 g/mol. The Hall–Kier alpha value is -0.670. The topological polar surface area (TPSA) is 83.9 Å². The molecule has 1 aliphatic rings. The minimum absolute atomic E-state index is 0.137. The van der Waals surface area contributed by atoms with Crippen molar-refractivity contribution in [1.29, 1.82) is 0 Å². The predicted molar refractivity (Wildman–Crippen MR) is 70.1 cm³/mol. The number of hydrogen-bond acceptors (Lipinski definition) is 5. The maximum absolute atomic E-state index is 12.2. The summed E-state index contributed by atoms with van der Waals surface area (Å²) in [5.74, 6) is -1.08. The summed E-state index contributed by atoms with van der Waals surface area (Å²) < 4.78 is 31.3. The van der Waals surface area contributed by atoms with Gasteiger partial charge in [0.2, 0.25) is 0 Å². The molecule has 0 amide bonds. The number of sulfonamides is 1. The van der Waals surface area contributed by atoms with Gasteiger partial charge in [-0.1, -0.05) is 11.6 Å². The number of carboxylic acids is 1. The third kappa shape index (κ3) is 3.09. The van der Waals surface area contributed by atoms with Crippen LogP contribution in [-0.4, -0.2) is 49.1 Å². The van der Waals surface area contributed by atoms with Crippen LogP contribution < -0.4 is 0 Å². The first kappa shape index (κ1) is 14.7. The molecular weight excluding hydrogens is 314 g/mol. The van der Waals surface area contributed by atoms with E-state index in [1.54, 1.807) is 6.92 Å². The van der Waals surface area contributed by atoms with Gasteiger partial charge in [0.15, 0.2) is 0 Å². The molecule has 0 bridgehead atoms. The summed E-state index contributed by atoms with van der Waals surface area (Å²) in [7, 11) is -3.55. The van der Waals surface area contributed by atoms with Crippen molar-refractivity contribution in [3.63, 3.8) is 0 Å². The van der Waals surface area contributed by atoms with E-state index in [4.69, 9.17) is 21.4 Å². The highest BCUT2D eigenvalue weighted by molar-refractivity contribution is 7.91. The molecule has 0 unspecified atom stereocenters. The first-order valence-corrected chi connectivity index (χ1v) is 7.98. The van der Waals surface area contributed by atoms with E-state index in [1.807, 2.05) is 0 Å². The molecule has 19 heavy (non-hydrogen) atoms. The molecule has 0 atom stereocenters. The first-order chi connectivity index (χ1) is 8.73. The van der Waals surface area contributed by atoms with Gasteiger partial charge in [0.1, 0.15) is 10.8 Å². The van der Waals surface area contributed by atoms with Crippen LogP contribution >= 0.6 is 22.9 Å². The normalized spacial score (nSPS) is 19.1. The summed E-state index contributed by atoms with van der Waals surface area (Å²) in [6.07, 6.45) is 0. The molecule has 1 aliphatic heterocycles. The van der Waals surface area contributed by atoms with Crippen LogP contribution in [-0.2, 0) is 19.6 Å². The van der Waals surface area contributed by atoms with E-state index < -0.39 is 28.2 Å². The van der Waals surface area contributed by atoms with Crippen LogP contribution in [0.5, 0.6) is 0 Å². The van der Waals surface area contributed by atoms with Gasteiger partial charge in [0.05, 0.1) is 9.94 Å². The molecule has 9 heteroatoms. The molecule has 1 aromatic heterocycles. The monoisotopic (exact) mass is 325 g/mol. The zero-order chi connectivity index (χ0) is 14.3. The van der Waals surface area contributed by atoms with Gasteiger partial charge in [-0.25, -0.2) is 13.2 Å². The number of hydrogen-bond donors (Lipinski definition) is 1. The van der Waals surface area contributed by atoms with Gasteiger partial charge in [-0.2, -0.15) is 4.31 Å². The molecule has 106 valence electrons. The molecule has 6 nitrogen and oxygen atoms in total. The van der Waals surface area contributed by atoms with E-state index in [2.05, 4.69) is 0 Å². The Balaban J connectivity index is 2.01. The van der Waals surface area contributed by atoms with Crippen molar-refractivity contribution in [2.24, 2.45) is 0 Å². The van der Waals surface area contributed by atoms with Crippen LogP contribution in [0.1, 0.15) is 6.92 Å². The SMILES string of the molecule is CC1(OCC(=O)O)CN(S(=O)(=O)c2ccc(Cl)s2)C1. The number of carbonyl (C=O) groups is 1. The van der Waals surface area contributed by atoms with Gasteiger partial charge >= 0.3 is 5.97 Å². The Bertz CT molecular complexity index is 591. The molecule has 0 saturated carbocycles. The summed E-state index contributed by atoms with van der Waals surface area (Å²) >= 11 is 6.71. The summed E-state index contributed by atoms with van der Waals surface area (Å²) in [6.45, 7) is 1.52. The number of rotatable bonds is 5. The number of ether oxygens (including phenoxy) is 1. The lowest BCUT2D eigenvalue weighted by atomic mass is 10.0. The standard InChI is InChI=1S/C10H12ClNO5S2/c1-10(17-4-8(13)14)5-12(6-10)19(15,16)9-3-2-7(11)18-9/h2-3H,4-6H2,1H3,(H,13,14). The lowest BCUT2D eigenvalue weighted by Gasteiger charge is -2.45. The third-order valence-electron chi connectivity index (χ3n) is 2.71. The molecule has 0 aliphatic carbocycles. The maximum atomic E-state index is 12.2. The predicted octanol–water partition coefficient (Wildman–Crippen LogP) is 1.27. The molecule has 1 aromatic rings. The van der Waals surface area contributed by atoms with Gasteiger partial charge in [0, 0.05) is 13.1 Å². The van der Waals surface area contributed by atoms with Gasteiger partial charge in [-0.3, -0.25) is 0 Å². The minimum atomic E-state index is -3.55. The minimum Gasteiger partial charge on any atom is -0.480 e. The van der Waals surface area contributed by atoms with Crippen LogP contribution in [0.25, 0.3) is 0 Å². The van der Waals surface area contributed by atoms with E-state index in [-0.39, 0.29) is 17.3 Å². The zero-order valence-electron chi connectivity index (χ0n) is 10.00. The lowest BCUT2D eigenvalue weighted by molar-refractivity contribution is -0.157. The largest absolute Gasteiger partial charge is 0.480 e. The molecule has 2 rings (SSSR count). The van der Waals surface area contributed by atoms with Crippen molar-refractivity contribution in [1.82, 2.24) is 4.31 Å². The average Bonchev–Trinajstić information content (AvgIpc) is 2.70. The van der Waals surface area contributed by atoms with Crippen molar-refractivity contribution < 1.29 is 23.1 Å². The second-order valence-electron chi connectivity index (χ2n) is 4.46. The van der Waals surface area contributed by atoms with E-state index in [9.17, 15) is 13.2 Å². The fourth-order valence-corrected chi connectivity index (χ4v) is 5.06. The Morgan fingerprint density at radius 3 is 2.68 bits per heavy atom. The first-order valence-electron chi connectivity index (χ1n) is 5.34. The molecular formula is C10H12ClNO5S2. The quantitative estimate of drug-likeness (QED) is 0.881. The van der Waals surface area contributed by atoms with Crippen LogP contribution in [0.3, 0.4) is 0 Å². The van der Waals surface area contributed by atoms with Crippen molar-refractivity contribution in [3.8, 4) is 0 Å². The second-order valence-corrected chi connectivity index (χ2v) is 8.34. The summed E-state index contributed by atoms with van der Waals surface area (Å²) in [6, 6.07) is 2.98. The summed E-state index contributed by atoms with van der Waals surface area (Å²) in [4.78, 5) is 10.4. The molecule has 1 N–H and O–H groups in total. The van der Waals surface area contributed by atoms with Crippen LogP contribution in [0.15, 0.2) is 16.3 Å². The summed E-state index contributed by atoms with van der Waals surface area (Å²) in [5, 5.41) is 8.53. The van der Waals surface area contributed by atoms with Crippen LogP contribution in [0.2, 0.25) is 4.34 Å². The van der Waals surface area contributed by atoms with E-state index in [0.29, 0.717) is 4.34 Å². The highest BCUT2D eigenvalue weighted by Crippen LogP contribution is 2.34. The Morgan fingerprint density at radius 1 is 1.58 bits per heavy atom. The van der Waals surface area contributed by atoms with Gasteiger partial charge in [0.25, 0.3) is 10.0 Å². The van der Waals surface area contributed by atoms with Gasteiger partial charge in [-0.15, -0.1) is 11.3 Å². The van der Waals surface area contributed by atoms with Crippen molar-refractivity contribution in [3.05, 3.63) is 16.5 Å². The molecule has 0 radical (unpaired) electrons. The second kappa shape index (κ2) is 5.02. The Kier molecular flexibility index (Phi) is 3.90. The van der Waals surface area contributed by atoms with Crippen molar-refractivity contribution in [2.45, 2.75) is 16.7 Å². The van der Waals surface area contributed by atoms with Crippen LogP contribution in [0.4, 0.5) is 0 Å². The zero-order valence-corrected chi connectivity index (χ0v) is 12.4. The lowest BCUT2D eigenvalue weighted by Crippen LogP contribution is -2.63. The maximum Gasteiger partial charge on any atom is 0.329 e. The van der Waals surface area contributed by atoms with Crippen molar-refractivity contribution in [2.75, 3.05) is 19.7 Å². The number of thiophene rings is 1. The molecule has 2 heterocycles. The van der Waals surface area contributed by atoms with Gasteiger partial charge in [-0.05, 0) is 19.1 Å². The van der Waals surface area contributed by atoms with Gasteiger partial charge < -0.3 is 9.84 Å². The fourth-order valence-electron chi connectivity index (χ4n) is 1.76. The highest BCUT2D eigenvalue weighted by atomic mass is 35.5. The van der Waals surface area contributed by atoms with Crippen molar-refractivity contribution >= 4 is 38.9 Å². The Labute approximate surface area is 119 Å². The number of halogens is 1. The fraction of sp³-hybridized carbons (Fsp3) is 0.500. The molecule has 1 fully saturated rings. The molecule has 0 aromatic carbocycles. The van der Waals surface area contributed by atoms with E-state index in [0.717, 1.165) is 11.3 Å². The molecule has 0 spiro atoms. The summed E-state index contributed by atoms with van der Waals surface area (Å²) in [5.41, 5.74) is -0.744. The smallest absolute Gasteiger partial charge is 0.329 e. The van der Waals surface area contributed by atoms with E-state index >= 15 is 0 Å². The van der Waals surface area contributed by atoms with Crippen LogP contribution in [0, 0.1) is 0 Å². The third-order valence-corrected chi connectivity index (χ3v) is 6.20. The van der Waals surface area contributed by atoms with E-state index in [1.165, 1.54) is 16.4 Å². The number of aliphatic carboxylic acids is 1. The molecule has 1 saturated heterocycles. The number of nitrogens with zero attached hydrogens (tertiary/aromatic N) is 1. The number of carboxylic acid groups (broad SMARTS) is 1. The Morgan fingerprint density at radius 2 is 2.21 bits per heavy atom. The highest BCUT2D eigenvalue weighted by Gasteiger charge is 2.46.